The van der Waals surface area contributed by atoms with Crippen LogP contribution in [-0.2, 0) is 11.2 Å². The molecule has 6 nitrogen and oxygen atoms in total. The second-order valence-electron chi connectivity index (χ2n) is 6.09. The van der Waals surface area contributed by atoms with Crippen LogP contribution in [0.5, 0.6) is 11.6 Å². The molecule has 1 unspecified atom stereocenters. The number of hydrogen-bond donors (Lipinski definition) is 0. The van der Waals surface area contributed by atoms with E-state index in [2.05, 4.69) is 4.98 Å². The Kier molecular flexibility index (Phi) is 6.07. The Labute approximate surface area is 153 Å². The molecule has 26 heavy (non-hydrogen) atoms. The first-order chi connectivity index (χ1) is 12.7. The molecule has 6 heteroatoms. The van der Waals surface area contributed by atoms with Gasteiger partial charge in [0.1, 0.15) is 11.3 Å². The van der Waals surface area contributed by atoms with Gasteiger partial charge in [-0.1, -0.05) is 12.1 Å². The van der Waals surface area contributed by atoms with Crippen molar-refractivity contribution in [2.45, 2.75) is 19.4 Å². The lowest BCUT2D eigenvalue weighted by Gasteiger charge is -2.33. The third kappa shape index (κ3) is 4.32. The Morgan fingerprint density at radius 3 is 2.85 bits per heavy atom. The second kappa shape index (κ2) is 8.67. The van der Waals surface area contributed by atoms with Crippen LogP contribution in [0.15, 0.2) is 42.6 Å². The van der Waals surface area contributed by atoms with Gasteiger partial charge in [0.2, 0.25) is 5.88 Å². The Morgan fingerprint density at radius 1 is 1.31 bits per heavy atom. The van der Waals surface area contributed by atoms with Gasteiger partial charge in [-0.3, -0.25) is 4.79 Å². The van der Waals surface area contributed by atoms with Gasteiger partial charge >= 0.3 is 0 Å². The van der Waals surface area contributed by atoms with E-state index in [1.165, 1.54) is 0 Å². The maximum Gasteiger partial charge on any atom is 0.259 e. The highest BCUT2D eigenvalue weighted by molar-refractivity contribution is 5.96. The van der Waals surface area contributed by atoms with Crippen molar-refractivity contribution in [3.8, 4) is 11.6 Å². The van der Waals surface area contributed by atoms with E-state index in [-0.39, 0.29) is 12.0 Å². The molecule has 0 saturated carbocycles. The molecule has 1 aliphatic rings. The van der Waals surface area contributed by atoms with E-state index in [4.69, 9.17) is 14.2 Å². The Morgan fingerprint density at radius 2 is 2.12 bits per heavy atom. The molecule has 1 amide bonds. The number of amides is 1. The van der Waals surface area contributed by atoms with Crippen molar-refractivity contribution in [3.63, 3.8) is 0 Å². The predicted molar refractivity (Wildman–Crippen MR) is 97.7 cm³/mol. The largest absolute Gasteiger partial charge is 0.497 e. The molecule has 1 aliphatic heterocycles. The summed E-state index contributed by atoms with van der Waals surface area (Å²) in [6, 6.07) is 11.4. The lowest BCUT2D eigenvalue weighted by Crippen LogP contribution is -2.46. The van der Waals surface area contributed by atoms with Crippen molar-refractivity contribution in [1.29, 1.82) is 0 Å². The maximum atomic E-state index is 12.9. The summed E-state index contributed by atoms with van der Waals surface area (Å²) in [5.74, 6) is 1.15. The van der Waals surface area contributed by atoms with Crippen LogP contribution in [0.25, 0.3) is 0 Å². The minimum absolute atomic E-state index is 0.0340. The van der Waals surface area contributed by atoms with Gasteiger partial charge in [0.15, 0.2) is 0 Å². The Hall–Kier alpha value is -2.60. The van der Waals surface area contributed by atoms with E-state index in [1.807, 2.05) is 36.1 Å². The van der Waals surface area contributed by atoms with Crippen LogP contribution in [0.3, 0.4) is 0 Å². The Balaban J connectivity index is 1.67. The average molecular weight is 356 g/mol. The van der Waals surface area contributed by atoms with Gasteiger partial charge < -0.3 is 19.1 Å². The summed E-state index contributed by atoms with van der Waals surface area (Å²) in [7, 11) is 1.65. The fourth-order valence-electron chi connectivity index (χ4n) is 3.03. The minimum atomic E-state index is -0.0652. The first kappa shape index (κ1) is 18.2. The van der Waals surface area contributed by atoms with E-state index in [1.54, 1.807) is 25.4 Å². The monoisotopic (exact) mass is 356 g/mol. The van der Waals surface area contributed by atoms with Gasteiger partial charge in [0, 0.05) is 25.7 Å². The van der Waals surface area contributed by atoms with E-state index < -0.39 is 0 Å². The molecule has 0 radical (unpaired) electrons. The minimum Gasteiger partial charge on any atom is -0.497 e. The smallest absolute Gasteiger partial charge is 0.259 e. The molecule has 0 N–H and O–H groups in total. The zero-order chi connectivity index (χ0) is 18.4. The number of aromatic nitrogens is 1. The van der Waals surface area contributed by atoms with E-state index in [0.29, 0.717) is 37.7 Å². The number of pyridine rings is 1. The highest BCUT2D eigenvalue weighted by Gasteiger charge is 2.27. The first-order valence-electron chi connectivity index (χ1n) is 8.83. The summed E-state index contributed by atoms with van der Waals surface area (Å²) < 4.78 is 16.5. The van der Waals surface area contributed by atoms with Crippen LogP contribution < -0.4 is 9.47 Å². The molecule has 1 atom stereocenters. The summed E-state index contributed by atoms with van der Waals surface area (Å²) in [5.41, 5.74) is 1.65. The molecule has 1 fully saturated rings. The van der Waals surface area contributed by atoms with Crippen molar-refractivity contribution < 1.29 is 19.0 Å². The summed E-state index contributed by atoms with van der Waals surface area (Å²) in [6.07, 6.45) is 2.35. The van der Waals surface area contributed by atoms with E-state index in [0.717, 1.165) is 17.7 Å². The third-order valence-corrected chi connectivity index (χ3v) is 4.33. The van der Waals surface area contributed by atoms with Gasteiger partial charge in [0.25, 0.3) is 5.91 Å². The summed E-state index contributed by atoms with van der Waals surface area (Å²) in [5, 5.41) is 0. The van der Waals surface area contributed by atoms with Crippen molar-refractivity contribution in [2.75, 3.05) is 33.4 Å². The molecular formula is C20H24N2O4. The van der Waals surface area contributed by atoms with Crippen molar-refractivity contribution in [1.82, 2.24) is 9.88 Å². The van der Waals surface area contributed by atoms with Crippen LogP contribution in [0.2, 0.25) is 0 Å². The van der Waals surface area contributed by atoms with Crippen LogP contribution in [0.1, 0.15) is 22.8 Å². The number of hydrogen-bond acceptors (Lipinski definition) is 5. The average Bonchev–Trinajstić information content (AvgIpc) is 2.69. The molecule has 2 heterocycles. The van der Waals surface area contributed by atoms with Crippen LogP contribution in [0, 0.1) is 0 Å². The zero-order valence-corrected chi connectivity index (χ0v) is 15.2. The first-order valence-corrected chi connectivity index (χ1v) is 8.83. The van der Waals surface area contributed by atoms with Crippen LogP contribution >= 0.6 is 0 Å². The van der Waals surface area contributed by atoms with Crippen molar-refractivity contribution in [2.24, 2.45) is 0 Å². The van der Waals surface area contributed by atoms with Gasteiger partial charge in [-0.05, 0) is 36.8 Å². The number of methoxy groups -OCH3 is 1. The van der Waals surface area contributed by atoms with Gasteiger partial charge in [-0.15, -0.1) is 0 Å². The zero-order valence-electron chi connectivity index (χ0n) is 15.2. The molecule has 0 bridgehead atoms. The number of rotatable bonds is 6. The Bertz CT molecular complexity index is 733. The number of carbonyl (C=O) groups is 1. The third-order valence-electron chi connectivity index (χ3n) is 4.33. The highest BCUT2D eigenvalue weighted by Crippen LogP contribution is 2.20. The van der Waals surface area contributed by atoms with Crippen LogP contribution in [-0.4, -0.2) is 55.3 Å². The molecular weight excluding hydrogens is 332 g/mol. The second-order valence-corrected chi connectivity index (χ2v) is 6.09. The van der Waals surface area contributed by atoms with Gasteiger partial charge in [-0.2, -0.15) is 0 Å². The quantitative estimate of drug-likeness (QED) is 0.796. The number of morpholine rings is 1. The summed E-state index contributed by atoms with van der Waals surface area (Å²) in [4.78, 5) is 18.9. The lowest BCUT2D eigenvalue weighted by atomic mass is 10.1. The number of benzene rings is 1. The van der Waals surface area contributed by atoms with E-state index >= 15 is 0 Å². The molecule has 138 valence electrons. The van der Waals surface area contributed by atoms with Crippen molar-refractivity contribution >= 4 is 5.91 Å². The molecule has 2 aromatic rings. The summed E-state index contributed by atoms with van der Waals surface area (Å²) in [6.45, 7) is 3.99. The topological polar surface area (TPSA) is 60.9 Å². The van der Waals surface area contributed by atoms with Gasteiger partial charge in [0.05, 0.1) is 26.4 Å². The maximum absolute atomic E-state index is 12.9. The molecule has 1 aromatic heterocycles. The molecule has 1 saturated heterocycles. The molecule has 3 rings (SSSR count). The predicted octanol–water partition coefficient (Wildman–Crippen LogP) is 2.57. The van der Waals surface area contributed by atoms with Gasteiger partial charge in [-0.25, -0.2) is 4.98 Å². The van der Waals surface area contributed by atoms with Crippen LogP contribution in [0.4, 0.5) is 0 Å². The number of carbonyl (C=O) groups excluding carboxylic acids is 1. The standard InChI is InChI=1S/C20H24N2O4/c1-3-25-19-18(5-4-10-21-19)20(23)22-11-12-26-17(14-22)13-15-6-8-16(24-2)9-7-15/h4-10,17H,3,11-14H2,1-2H3. The molecule has 0 spiro atoms. The fraction of sp³-hybridized carbons (Fsp3) is 0.400. The summed E-state index contributed by atoms with van der Waals surface area (Å²) >= 11 is 0. The fourth-order valence-corrected chi connectivity index (χ4v) is 3.03. The molecule has 0 aliphatic carbocycles. The number of ether oxygens (including phenoxy) is 3. The van der Waals surface area contributed by atoms with Crippen molar-refractivity contribution in [3.05, 3.63) is 53.7 Å². The lowest BCUT2D eigenvalue weighted by molar-refractivity contribution is -0.0209. The molecule has 1 aromatic carbocycles. The highest BCUT2D eigenvalue weighted by atomic mass is 16.5. The number of nitrogens with zero attached hydrogens (tertiary/aromatic N) is 2. The normalized spacial score (nSPS) is 17.0. The SMILES string of the molecule is CCOc1ncccc1C(=O)N1CCOC(Cc2ccc(OC)cc2)C1. The van der Waals surface area contributed by atoms with E-state index in [9.17, 15) is 4.79 Å².